The van der Waals surface area contributed by atoms with Crippen LogP contribution in [0.25, 0.3) is 5.65 Å². The van der Waals surface area contributed by atoms with Crippen molar-refractivity contribution >= 4 is 5.65 Å². The van der Waals surface area contributed by atoms with E-state index in [0.717, 1.165) is 50.0 Å². The van der Waals surface area contributed by atoms with Crippen molar-refractivity contribution in [2.45, 2.75) is 51.0 Å². The first kappa shape index (κ1) is 20.0. The molecule has 3 aromatic rings. The van der Waals surface area contributed by atoms with E-state index >= 15 is 0 Å². The Labute approximate surface area is 180 Å². The molecule has 1 unspecified atom stereocenters. The van der Waals surface area contributed by atoms with Gasteiger partial charge >= 0.3 is 0 Å². The fourth-order valence-corrected chi connectivity index (χ4v) is 5.22. The van der Waals surface area contributed by atoms with Gasteiger partial charge in [0.15, 0.2) is 5.65 Å². The van der Waals surface area contributed by atoms with Crippen molar-refractivity contribution in [3.05, 3.63) is 46.9 Å². The molecule has 5 rings (SSSR count). The minimum Gasteiger partial charge on any atom is -0.385 e. The minimum atomic E-state index is -0.635. The molecule has 1 N–H and O–H groups in total. The number of nitriles is 1. The summed E-state index contributed by atoms with van der Waals surface area (Å²) in [6.07, 6.45) is 6.73. The Hall–Kier alpha value is -2.96. The fraction of sp³-hybridized carbons (Fsp3) is 0.545. The molecule has 2 fully saturated rings. The number of hydrogen-bond donors (Lipinski definition) is 1. The minimum absolute atomic E-state index is 0.368. The molecular weight excluding hydrogens is 392 g/mol. The quantitative estimate of drug-likeness (QED) is 0.685. The van der Waals surface area contributed by atoms with Crippen LogP contribution < -0.4 is 0 Å². The van der Waals surface area contributed by atoms with Crippen molar-refractivity contribution in [2.24, 2.45) is 5.41 Å². The first-order valence-electron chi connectivity index (χ1n) is 10.9. The molecule has 31 heavy (non-hydrogen) atoms. The van der Waals surface area contributed by atoms with Crippen LogP contribution in [0.5, 0.6) is 0 Å². The zero-order valence-corrected chi connectivity index (χ0v) is 17.6. The molecule has 4 heterocycles. The lowest BCUT2D eigenvalue weighted by Crippen LogP contribution is -2.41. The van der Waals surface area contributed by atoms with Gasteiger partial charge in [0.05, 0.1) is 17.0 Å². The Bertz CT molecular complexity index is 1130. The molecule has 3 aromatic heterocycles. The second-order valence-corrected chi connectivity index (χ2v) is 9.08. The number of aryl methyl sites for hydroxylation is 1. The van der Waals surface area contributed by atoms with Crippen LogP contribution in [0.4, 0.5) is 0 Å². The molecular formula is C22H26N8O. The maximum absolute atomic E-state index is 10.7. The maximum Gasteiger partial charge on any atom is 0.199 e. The van der Waals surface area contributed by atoms with E-state index in [-0.39, 0.29) is 0 Å². The normalized spacial score (nSPS) is 22.0. The SMILES string of the molecule is Cc1cc([C@@H](O)CN2CCC3(CCC(c4ccc5nnnn5n4)C3)CC2)ncc1C#N. The van der Waals surface area contributed by atoms with Crippen molar-refractivity contribution in [1.29, 1.82) is 5.26 Å². The average Bonchev–Trinajstić information content (AvgIpc) is 3.42. The Kier molecular flexibility index (Phi) is 5.12. The summed E-state index contributed by atoms with van der Waals surface area (Å²) in [7, 11) is 0. The summed E-state index contributed by atoms with van der Waals surface area (Å²) < 4.78 is 1.52. The number of β-amino-alcohol motifs (C(OH)–C–C–N with tert-alkyl or cyclic N) is 1. The molecule has 1 spiro atoms. The van der Waals surface area contributed by atoms with Crippen molar-refractivity contribution < 1.29 is 5.11 Å². The van der Waals surface area contributed by atoms with E-state index in [2.05, 4.69) is 42.6 Å². The van der Waals surface area contributed by atoms with E-state index in [0.29, 0.717) is 34.8 Å². The van der Waals surface area contributed by atoms with Crippen molar-refractivity contribution in [2.75, 3.05) is 19.6 Å². The number of tetrazole rings is 1. The second kappa shape index (κ2) is 7.94. The van der Waals surface area contributed by atoms with Crippen molar-refractivity contribution in [1.82, 2.24) is 35.1 Å². The molecule has 1 aliphatic heterocycles. The van der Waals surface area contributed by atoms with Crippen LogP contribution in [0.3, 0.4) is 0 Å². The van der Waals surface area contributed by atoms with Crippen LogP contribution in [-0.2, 0) is 0 Å². The summed E-state index contributed by atoms with van der Waals surface area (Å²) in [6.45, 7) is 4.43. The third kappa shape index (κ3) is 3.89. The van der Waals surface area contributed by atoms with E-state index in [9.17, 15) is 5.11 Å². The molecule has 1 saturated heterocycles. The highest BCUT2D eigenvalue weighted by Crippen LogP contribution is 2.52. The molecule has 1 aliphatic carbocycles. The van der Waals surface area contributed by atoms with E-state index < -0.39 is 6.10 Å². The first-order valence-corrected chi connectivity index (χ1v) is 10.9. The Morgan fingerprint density at radius 1 is 1.29 bits per heavy atom. The summed E-state index contributed by atoms with van der Waals surface area (Å²) in [4.78, 5) is 6.62. The van der Waals surface area contributed by atoms with Gasteiger partial charge in [0.25, 0.3) is 0 Å². The van der Waals surface area contributed by atoms with Crippen LogP contribution in [0, 0.1) is 23.7 Å². The van der Waals surface area contributed by atoms with Crippen molar-refractivity contribution in [3.8, 4) is 6.07 Å². The molecule has 0 bridgehead atoms. The van der Waals surface area contributed by atoms with Gasteiger partial charge in [0.2, 0.25) is 0 Å². The van der Waals surface area contributed by atoms with Gasteiger partial charge in [-0.3, -0.25) is 4.98 Å². The second-order valence-electron chi connectivity index (χ2n) is 9.08. The van der Waals surface area contributed by atoms with E-state index in [1.54, 1.807) is 6.20 Å². The fourth-order valence-electron chi connectivity index (χ4n) is 5.22. The third-order valence-corrected chi connectivity index (χ3v) is 7.15. The number of hydrogen-bond acceptors (Lipinski definition) is 8. The summed E-state index contributed by atoms with van der Waals surface area (Å²) in [5.74, 6) is 0.455. The van der Waals surface area contributed by atoms with Gasteiger partial charge in [-0.1, -0.05) is 0 Å². The number of likely N-dealkylation sites (tertiary alicyclic amines) is 1. The van der Waals surface area contributed by atoms with E-state index in [1.165, 1.54) is 11.1 Å². The molecule has 9 nitrogen and oxygen atoms in total. The van der Waals surface area contributed by atoms with E-state index in [1.807, 2.05) is 19.1 Å². The first-order chi connectivity index (χ1) is 15.0. The molecule has 2 aliphatic rings. The Balaban J connectivity index is 1.18. The summed E-state index contributed by atoms with van der Waals surface area (Å²) in [6, 6.07) is 7.95. The largest absolute Gasteiger partial charge is 0.385 e. The monoisotopic (exact) mass is 418 g/mol. The highest BCUT2D eigenvalue weighted by molar-refractivity contribution is 5.36. The van der Waals surface area contributed by atoms with Crippen LogP contribution in [0.15, 0.2) is 24.4 Å². The molecule has 2 atom stereocenters. The van der Waals surface area contributed by atoms with Gasteiger partial charge in [0, 0.05) is 18.7 Å². The van der Waals surface area contributed by atoms with Gasteiger partial charge in [-0.15, -0.1) is 9.73 Å². The average molecular weight is 419 g/mol. The number of aliphatic hydroxyl groups is 1. The van der Waals surface area contributed by atoms with Crippen LogP contribution in [-0.4, -0.2) is 59.9 Å². The predicted molar refractivity (Wildman–Crippen MR) is 112 cm³/mol. The number of nitrogens with zero attached hydrogens (tertiary/aromatic N) is 8. The van der Waals surface area contributed by atoms with Crippen LogP contribution in [0.2, 0.25) is 0 Å². The number of pyridine rings is 1. The van der Waals surface area contributed by atoms with Crippen LogP contribution in [0.1, 0.15) is 66.6 Å². The zero-order chi connectivity index (χ0) is 21.4. The lowest BCUT2D eigenvalue weighted by Gasteiger charge is -2.40. The van der Waals surface area contributed by atoms with Gasteiger partial charge in [-0.2, -0.15) is 10.4 Å². The van der Waals surface area contributed by atoms with Crippen molar-refractivity contribution in [3.63, 3.8) is 0 Å². The number of aliphatic hydroxyl groups excluding tert-OH is 1. The topological polar surface area (TPSA) is 116 Å². The standard InChI is InChI=1S/C22H26N8O/c1-15-10-19(24-13-17(15)12-23)20(31)14-29-8-6-22(7-9-29)5-4-16(11-22)18-2-3-21-25-27-28-30(21)26-18/h2-3,10,13,16,20,31H,4-9,11,14H2,1H3/t16?,20-/m0/s1. The zero-order valence-electron chi connectivity index (χ0n) is 17.6. The maximum atomic E-state index is 10.7. The highest BCUT2D eigenvalue weighted by atomic mass is 16.3. The molecule has 0 aromatic carbocycles. The van der Waals surface area contributed by atoms with Gasteiger partial charge in [-0.25, -0.2) is 0 Å². The Morgan fingerprint density at radius 3 is 2.90 bits per heavy atom. The van der Waals surface area contributed by atoms with E-state index in [4.69, 9.17) is 5.26 Å². The van der Waals surface area contributed by atoms with Crippen LogP contribution >= 0.6 is 0 Å². The molecule has 0 radical (unpaired) electrons. The lowest BCUT2D eigenvalue weighted by atomic mass is 9.76. The van der Waals surface area contributed by atoms with Gasteiger partial charge < -0.3 is 10.0 Å². The predicted octanol–water partition coefficient (Wildman–Crippen LogP) is 2.18. The number of aromatic nitrogens is 6. The number of rotatable bonds is 4. The van der Waals surface area contributed by atoms with Gasteiger partial charge in [0.1, 0.15) is 12.2 Å². The summed E-state index contributed by atoms with van der Waals surface area (Å²) >= 11 is 0. The summed E-state index contributed by atoms with van der Waals surface area (Å²) in [5.41, 5.74) is 4.18. The third-order valence-electron chi connectivity index (χ3n) is 7.15. The lowest BCUT2D eigenvalue weighted by molar-refractivity contribution is 0.0573. The molecule has 160 valence electrons. The molecule has 0 amide bonds. The number of piperidine rings is 1. The van der Waals surface area contributed by atoms with Gasteiger partial charge in [-0.05, 0) is 91.7 Å². The smallest absolute Gasteiger partial charge is 0.199 e. The molecule has 1 saturated carbocycles. The molecule has 9 heteroatoms. The number of fused-ring (bicyclic) bond motifs is 1. The highest BCUT2D eigenvalue weighted by Gasteiger charge is 2.42. The Morgan fingerprint density at radius 2 is 2.13 bits per heavy atom. The summed E-state index contributed by atoms with van der Waals surface area (Å²) in [5, 5.41) is 35.9.